The maximum atomic E-state index is 6.06. The lowest BCUT2D eigenvalue weighted by atomic mass is 9.99. The third-order valence-electron chi connectivity index (χ3n) is 3.53. The summed E-state index contributed by atoms with van der Waals surface area (Å²) in [6.07, 6.45) is 7.96. The van der Waals surface area contributed by atoms with E-state index in [4.69, 9.17) is 5.73 Å². The highest BCUT2D eigenvalue weighted by Gasteiger charge is 2.30. The van der Waals surface area contributed by atoms with Crippen LogP contribution in [0, 0.1) is 0 Å². The predicted molar refractivity (Wildman–Crippen MR) is 79.5 cm³/mol. The Morgan fingerprint density at radius 3 is 2.18 bits per heavy atom. The van der Waals surface area contributed by atoms with E-state index in [1.165, 1.54) is 43.4 Å². The van der Waals surface area contributed by atoms with E-state index >= 15 is 0 Å². The monoisotopic (exact) mass is 313 g/mol. The Hall–Kier alpha value is 0.01000. The van der Waals surface area contributed by atoms with Gasteiger partial charge in [-0.2, -0.15) is 0 Å². The van der Waals surface area contributed by atoms with E-state index in [0.29, 0.717) is 0 Å². The first kappa shape index (κ1) is 13.4. The Balaban J connectivity index is 2.09. The minimum Gasteiger partial charge on any atom is -0.329 e. The average Bonchev–Trinajstić information content (AvgIpc) is 2.58. The van der Waals surface area contributed by atoms with Gasteiger partial charge < -0.3 is 5.73 Å². The van der Waals surface area contributed by atoms with Crippen LogP contribution in [0.15, 0.2) is 33.6 Å². The molecule has 0 amide bonds. The highest BCUT2D eigenvalue weighted by Crippen LogP contribution is 2.42. The molecule has 0 radical (unpaired) electrons. The number of halogens is 1. The highest BCUT2D eigenvalue weighted by atomic mass is 79.9. The topological polar surface area (TPSA) is 26.0 Å². The molecule has 1 fully saturated rings. The van der Waals surface area contributed by atoms with Gasteiger partial charge in [0.25, 0.3) is 0 Å². The summed E-state index contributed by atoms with van der Waals surface area (Å²) in [4.78, 5) is 1.35. The second-order valence-corrected chi connectivity index (χ2v) is 7.31. The zero-order valence-electron chi connectivity index (χ0n) is 10.1. The first-order valence-corrected chi connectivity index (χ1v) is 8.00. The molecule has 1 aliphatic rings. The summed E-state index contributed by atoms with van der Waals surface area (Å²) < 4.78 is 1.43. The van der Waals surface area contributed by atoms with Crippen LogP contribution in [0.3, 0.4) is 0 Å². The van der Waals surface area contributed by atoms with E-state index in [9.17, 15) is 0 Å². The molecule has 0 atom stereocenters. The molecule has 0 heterocycles. The molecule has 2 N–H and O–H groups in total. The molecule has 0 unspecified atom stereocenters. The average molecular weight is 314 g/mol. The van der Waals surface area contributed by atoms with E-state index in [-0.39, 0.29) is 4.75 Å². The van der Waals surface area contributed by atoms with E-state index in [1.807, 2.05) is 11.8 Å². The molecule has 3 heteroatoms. The third kappa shape index (κ3) is 3.73. The summed E-state index contributed by atoms with van der Waals surface area (Å²) in [5, 5.41) is 0. The molecule has 94 valence electrons. The maximum Gasteiger partial charge on any atom is 0.0329 e. The largest absolute Gasteiger partial charge is 0.329 e. The van der Waals surface area contributed by atoms with Gasteiger partial charge in [-0.3, -0.25) is 0 Å². The van der Waals surface area contributed by atoms with Gasteiger partial charge in [0.1, 0.15) is 0 Å². The molecule has 1 aromatic carbocycles. The van der Waals surface area contributed by atoms with Crippen molar-refractivity contribution in [3.8, 4) is 0 Å². The van der Waals surface area contributed by atoms with Crippen LogP contribution in [-0.2, 0) is 0 Å². The molecule has 1 aromatic rings. The van der Waals surface area contributed by atoms with Crippen molar-refractivity contribution in [3.05, 3.63) is 28.7 Å². The lowest BCUT2D eigenvalue weighted by Crippen LogP contribution is -2.33. The van der Waals surface area contributed by atoms with Crippen molar-refractivity contribution in [2.75, 3.05) is 6.54 Å². The van der Waals surface area contributed by atoms with Gasteiger partial charge in [-0.15, -0.1) is 11.8 Å². The first-order chi connectivity index (χ1) is 8.24. The van der Waals surface area contributed by atoms with Gasteiger partial charge in [-0.1, -0.05) is 41.6 Å². The zero-order chi connectivity index (χ0) is 12.1. The SMILES string of the molecule is NCC1(Sc2ccc(Br)cc2)CCCCCC1. The second kappa shape index (κ2) is 6.26. The van der Waals surface area contributed by atoms with Crippen LogP contribution in [0.5, 0.6) is 0 Å². The van der Waals surface area contributed by atoms with Gasteiger partial charge in [0.2, 0.25) is 0 Å². The van der Waals surface area contributed by atoms with Gasteiger partial charge >= 0.3 is 0 Å². The standard InChI is InChI=1S/C14H20BrNS/c15-12-5-7-13(8-6-12)17-14(11-16)9-3-1-2-4-10-14/h5-8H,1-4,9-11,16H2. The number of thioether (sulfide) groups is 1. The molecule has 2 rings (SSSR count). The Morgan fingerprint density at radius 1 is 1.06 bits per heavy atom. The van der Waals surface area contributed by atoms with Crippen LogP contribution in [0.25, 0.3) is 0 Å². The van der Waals surface area contributed by atoms with Crippen LogP contribution >= 0.6 is 27.7 Å². The minimum atomic E-state index is 0.282. The van der Waals surface area contributed by atoms with Crippen molar-refractivity contribution >= 4 is 27.7 Å². The van der Waals surface area contributed by atoms with Gasteiger partial charge in [-0.05, 0) is 37.1 Å². The molecular weight excluding hydrogens is 294 g/mol. The molecular formula is C14H20BrNS. The van der Waals surface area contributed by atoms with E-state index in [2.05, 4.69) is 40.2 Å². The van der Waals surface area contributed by atoms with Gasteiger partial charge in [-0.25, -0.2) is 0 Å². The van der Waals surface area contributed by atoms with Crippen molar-refractivity contribution in [2.45, 2.75) is 48.2 Å². The highest BCUT2D eigenvalue weighted by molar-refractivity contribution is 9.10. The van der Waals surface area contributed by atoms with Gasteiger partial charge in [0.15, 0.2) is 0 Å². The number of hydrogen-bond acceptors (Lipinski definition) is 2. The molecule has 0 bridgehead atoms. The fourth-order valence-electron chi connectivity index (χ4n) is 2.47. The normalized spacial score (nSPS) is 19.9. The summed E-state index contributed by atoms with van der Waals surface area (Å²) >= 11 is 5.47. The molecule has 0 aliphatic heterocycles. The Bertz CT molecular complexity index is 342. The molecule has 0 aromatic heterocycles. The van der Waals surface area contributed by atoms with Crippen LogP contribution in [0.1, 0.15) is 38.5 Å². The first-order valence-electron chi connectivity index (χ1n) is 6.39. The Morgan fingerprint density at radius 2 is 1.65 bits per heavy atom. The third-order valence-corrected chi connectivity index (χ3v) is 5.58. The van der Waals surface area contributed by atoms with Crippen molar-refractivity contribution in [1.29, 1.82) is 0 Å². The Labute approximate surface area is 117 Å². The number of nitrogens with two attached hydrogens (primary N) is 1. The molecule has 1 aliphatic carbocycles. The lowest BCUT2D eigenvalue weighted by molar-refractivity contribution is 0.521. The molecule has 0 spiro atoms. The maximum absolute atomic E-state index is 6.06. The molecule has 0 saturated heterocycles. The summed E-state index contributed by atoms with van der Waals surface area (Å²) in [6, 6.07) is 8.61. The smallest absolute Gasteiger partial charge is 0.0329 e. The fraction of sp³-hybridized carbons (Fsp3) is 0.571. The van der Waals surface area contributed by atoms with E-state index in [1.54, 1.807) is 0 Å². The Kier molecular flexibility index (Phi) is 4.95. The van der Waals surface area contributed by atoms with Crippen LogP contribution in [-0.4, -0.2) is 11.3 Å². The summed E-state index contributed by atoms with van der Waals surface area (Å²) in [5.41, 5.74) is 6.06. The number of benzene rings is 1. The van der Waals surface area contributed by atoms with Crippen molar-refractivity contribution < 1.29 is 0 Å². The number of rotatable bonds is 3. The van der Waals surface area contributed by atoms with Gasteiger partial charge in [0.05, 0.1) is 0 Å². The van der Waals surface area contributed by atoms with Crippen molar-refractivity contribution in [3.63, 3.8) is 0 Å². The van der Waals surface area contributed by atoms with Crippen LogP contribution < -0.4 is 5.73 Å². The summed E-state index contributed by atoms with van der Waals surface area (Å²) in [5.74, 6) is 0. The van der Waals surface area contributed by atoms with Crippen LogP contribution in [0.4, 0.5) is 0 Å². The molecule has 17 heavy (non-hydrogen) atoms. The minimum absolute atomic E-state index is 0.282. The second-order valence-electron chi connectivity index (χ2n) is 4.86. The van der Waals surface area contributed by atoms with Crippen LogP contribution in [0.2, 0.25) is 0 Å². The quantitative estimate of drug-likeness (QED) is 0.826. The zero-order valence-corrected chi connectivity index (χ0v) is 12.5. The molecule has 1 nitrogen and oxygen atoms in total. The summed E-state index contributed by atoms with van der Waals surface area (Å²) in [7, 11) is 0. The molecule has 1 saturated carbocycles. The van der Waals surface area contributed by atoms with E-state index in [0.717, 1.165) is 11.0 Å². The van der Waals surface area contributed by atoms with Gasteiger partial charge in [0, 0.05) is 20.7 Å². The van der Waals surface area contributed by atoms with E-state index < -0.39 is 0 Å². The summed E-state index contributed by atoms with van der Waals surface area (Å²) in [6.45, 7) is 0.799. The van der Waals surface area contributed by atoms with Crippen molar-refractivity contribution in [2.24, 2.45) is 5.73 Å². The number of hydrogen-bond donors (Lipinski definition) is 1. The predicted octanol–water partition coefficient (Wildman–Crippen LogP) is 4.59. The van der Waals surface area contributed by atoms with Crippen molar-refractivity contribution in [1.82, 2.24) is 0 Å². The lowest BCUT2D eigenvalue weighted by Gasteiger charge is -2.30. The fourth-order valence-corrected chi connectivity index (χ4v) is 4.09.